The highest BCUT2D eigenvalue weighted by atomic mass is 16.5. The molecule has 2 saturated carbocycles. The van der Waals surface area contributed by atoms with Crippen LogP contribution < -0.4 is 0 Å². The van der Waals surface area contributed by atoms with Gasteiger partial charge < -0.3 is 20.1 Å². The van der Waals surface area contributed by atoms with Gasteiger partial charge in [0.1, 0.15) is 11.3 Å². The first kappa shape index (κ1) is 23.3. The summed E-state index contributed by atoms with van der Waals surface area (Å²) in [6, 6.07) is 2.55. The first-order valence-electron chi connectivity index (χ1n) is 11.4. The van der Waals surface area contributed by atoms with Crippen LogP contribution in [0.1, 0.15) is 92.8 Å². The zero-order chi connectivity index (χ0) is 24.3. The number of nitrogens with zero attached hydrogens (tertiary/aromatic N) is 1. The standard InChI is InChI=1S/C25H31NO7/c1-23(2)9-5-10-24(3)16(23)8-11-25(4)17(24)12-14(19(33-25)22(31)32)13-6-7-15(20(27)28)26-18(13)21(29)30/h6-7,16-17H,5,8-12H2,1-4H3,(H,27,28)(H,29,30)(H,31,32)/t16-,17+,24-,25+/m1/s1. The van der Waals surface area contributed by atoms with Gasteiger partial charge in [-0.3, -0.25) is 0 Å². The molecule has 1 aromatic heterocycles. The van der Waals surface area contributed by atoms with E-state index in [0.29, 0.717) is 12.3 Å². The molecule has 0 spiro atoms. The monoisotopic (exact) mass is 457 g/mol. The SMILES string of the molecule is CC1(C)CCC[C@]2(C)[C@@H]1CC[C@]1(C)OC(C(=O)O)=C(c3ccc(C(=O)O)nc3C(=O)O)C[C@@H]21. The third kappa shape index (κ3) is 3.60. The molecule has 4 atom stereocenters. The number of pyridine rings is 1. The Kier molecular flexibility index (Phi) is 5.34. The Morgan fingerprint density at radius 3 is 2.24 bits per heavy atom. The highest BCUT2D eigenvalue weighted by molar-refractivity contribution is 6.00. The molecule has 3 N–H and O–H groups in total. The van der Waals surface area contributed by atoms with Gasteiger partial charge in [0.05, 0.1) is 0 Å². The molecule has 0 aromatic carbocycles. The molecule has 2 fully saturated rings. The molecule has 8 heteroatoms. The number of ether oxygens (including phenoxy) is 1. The van der Waals surface area contributed by atoms with E-state index < -0.39 is 34.9 Å². The van der Waals surface area contributed by atoms with Gasteiger partial charge in [-0.2, -0.15) is 0 Å². The van der Waals surface area contributed by atoms with Gasteiger partial charge in [-0.25, -0.2) is 19.4 Å². The fourth-order valence-electron chi connectivity index (χ4n) is 7.16. The van der Waals surface area contributed by atoms with Crippen LogP contribution in [0.25, 0.3) is 5.57 Å². The van der Waals surface area contributed by atoms with Crippen LogP contribution in [0.5, 0.6) is 0 Å². The van der Waals surface area contributed by atoms with Crippen molar-refractivity contribution in [1.29, 1.82) is 0 Å². The first-order chi connectivity index (χ1) is 15.3. The highest BCUT2D eigenvalue weighted by Crippen LogP contribution is 2.65. The van der Waals surface area contributed by atoms with E-state index in [9.17, 15) is 29.7 Å². The molecule has 4 rings (SSSR count). The van der Waals surface area contributed by atoms with Crippen molar-refractivity contribution in [3.8, 4) is 0 Å². The van der Waals surface area contributed by atoms with E-state index in [1.54, 1.807) is 0 Å². The molecule has 0 saturated heterocycles. The number of allylic oxidation sites excluding steroid dienone is 1. The van der Waals surface area contributed by atoms with Crippen molar-refractivity contribution in [2.75, 3.05) is 0 Å². The summed E-state index contributed by atoms with van der Waals surface area (Å²) in [5.41, 5.74) is -1.12. The van der Waals surface area contributed by atoms with Gasteiger partial charge in [-0.1, -0.05) is 27.2 Å². The predicted molar refractivity (Wildman–Crippen MR) is 119 cm³/mol. The maximum Gasteiger partial charge on any atom is 0.371 e. The molecule has 0 unspecified atom stereocenters. The number of hydrogen-bond acceptors (Lipinski definition) is 5. The molecular weight excluding hydrogens is 426 g/mol. The van der Waals surface area contributed by atoms with Crippen molar-refractivity contribution in [2.24, 2.45) is 22.7 Å². The lowest BCUT2D eigenvalue weighted by Gasteiger charge is -2.63. The van der Waals surface area contributed by atoms with Crippen molar-refractivity contribution in [3.05, 3.63) is 34.8 Å². The minimum Gasteiger partial charge on any atom is -0.480 e. The number of carboxylic acid groups (broad SMARTS) is 3. The normalized spacial score (nSPS) is 32.8. The summed E-state index contributed by atoms with van der Waals surface area (Å²) in [6.07, 6.45) is 5.25. The van der Waals surface area contributed by atoms with Gasteiger partial charge in [0, 0.05) is 17.1 Å². The number of fused-ring (bicyclic) bond motifs is 3. The van der Waals surface area contributed by atoms with Gasteiger partial charge in [0.15, 0.2) is 5.69 Å². The Labute approximate surface area is 192 Å². The van der Waals surface area contributed by atoms with E-state index in [4.69, 9.17) is 4.74 Å². The molecule has 3 aliphatic rings. The third-order valence-electron chi connectivity index (χ3n) is 8.59. The van der Waals surface area contributed by atoms with Crippen LogP contribution in [0.3, 0.4) is 0 Å². The van der Waals surface area contributed by atoms with Crippen molar-refractivity contribution in [3.63, 3.8) is 0 Å². The number of hydrogen-bond donors (Lipinski definition) is 3. The molecule has 2 aliphatic carbocycles. The quantitative estimate of drug-likeness (QED) is 0.592. The molecule has 8 nitrogen and oxygen atoms in total. The lowest BCUT2D eigenvalue weighted by Crippen LogP contribution is -2.59. The molecule has 2 heterocycles. The van der Waals surface area contributed by atoms with Crippen molar-refractivity contribution in [1.82, 2.24) is 4.98 Å². The van der Waals surface area contributed by atoms with Gasteiger partial charge >= 0.3 is 17.9 Å². The third-order valence-corrected chi connectivity index (χ3v) is 8.59. The van der Waals surface area contributed by atoms with Crippen LogP contribution >= 0.6 is 0 Å². The Hall–Kier alpha value is -2.90. The van der Waals surface area contributed by atoms with Gasteiger partial charge in [-0.05, 0) is 67.9 Å². The highest BCUT2D eigenvalue weighted by Gasteiger charge is 2.61. The average molecular weight is 458 g/mol. The number of carbonyl (C=O) groups is 3. The summed E-state index contributed by atoms with van der Waals surface area (Å²) >= 11 is 0. The molecule has 33 heavy (non-hydrogen) atoms. The van der Waals surface area contributed by atoms with Crippen LogP contribution in [0, 0.1) is 22.7 Å². The van der Waals surface area contributed by atoms with Gasteiger partial charge in [-0.15, -0.1) is 0 Å². The summed E-state index contributed by atoms with van der Waals surface area (Å²) < 4.78 is 6.24. The van der Waals surface area contributed by atoms with E-state index >= 15 is 0 Å². The van der Waals surface area contributed by atoms with E-state index in [1.165, 1.54) is 12.1 Å². The fourth-order valence-corrected chi connectivity index (χ4v) is 7.16. The van der Waals surface area contributed by atoms with Gasteiger partial charge in [0.2, 0.25) is 5.76 Å². The number of aromatic nitrogens is 1. The second kappa shape index (κ2) is 7.57. The number of aliphatic carboxylic acids is 1. The summed E-state index contributed by atoms with van der Waals surface area (Å²) in [5.74, 6) is -3.86. The van der Waals surface area contributed by atoms with Gasteiger partial charge in [0.25, 0.3) is 0 Å². The Balaban J connectivity index is 1.88. The predicted octanol–water partition coefficient (Wildman–Crippen LogP) is 4.70. The topological polar surface area (TPSA) is 134 Å². The second-order valence-electron chi connectivity index (χ2n) is 10.9. The lowest BCUT2D eigenvalue weighted by molar-refractivity contribution is -0.186. The molecule has 1 aliphatic heterocycles. The summed E-state index contributed by atoms with van der Waals surface area (Å²) in [5, 5.41) is 29.0. The Morgan fingerprint density at radius 1 is 0.939 bits per heavy atom. The maximum atomic E-state index is 12.2. The number of aromatic carboxylic acids is 2. The summed E-state index contributed by atoms with van der Waals surface area (Å²) in [7, 11) is 0. The Morgan fingerprint density at radius 2 is 1.64 bits per heavy atom. The molecule has 178 valence electrons. The summed E-state index contributed by atoms with van der Waals surface area (Å²) in [4.78, 5) is 39.3. The van der Waals surface area contributed by atoms with E-state index in [0.717, 1.165) is 32.1 Å². The van der Waals surface area contributed by atoms with Crippen LogP contribution in [-0.2, 0) is 9.53 Å². The van der Waals surface area contributed by atoms with E-state index in [2.05, 4.69) is 25.8 Å². The lowest BCUT2D eigenvalue weighted by atomic mass is 9.44. The smallest absolute Gasteiger partial charge is 0.371 e. The zero-order valence-electron chi connectivity index (χ0n) is 19.5. The minimum absolute atomic E-state index is 0.0118. The number of carboxylic acids is 3. The van der Waals surface area contributed by atoms with Crippen molar-refractivity contribution >= 4 is 23.5 Å². The average Bonchev–Trinajstić information content (AvgIpc) is 2.71. The molecule has 0 amide bonds. The second-order valence-corrected chi connectivity index (χ2v) is 10.9. The first-order valence-corrected chi connectivity index (χ1v) is 11.4. The van der Waals surface area contributed by atoms with Crippen LogP contribution in [0.4, 0.5) is 0 Å². The van der Waals surface area contributed by atoms with Crippen molar-refractivity contribution < 1.29 is 34.4 Å². The Bertz CT molecular complexity index is 1070. The fraction of sp³-hybridized carbons (Fsp3) is 0.600. The van der Waals surface area contributed by atoms with E-state index in [-0.39, 0.29) is 33.6 Å². The van der Waals surface area contributed by atoms with Crippen LogP contribution in [0.15, 0.2) is 17.9 Å². The molecular formula is C25H31NO7. The molecule has 0 bridgehead atoms. The summed E-state index contributed by atoms with van der Waals surface area (Å²) in [6.45, 7) is 8.86. The largest absolute Gasteiger partial charge is 0.480 e. The molecule has 0 radical (unpaired) electrons. The van der Waals surface area contributed by atoms with Crippen molar-refractivity contribution in [2.45, 2.75) is 71.8 Å². The molecule has 1 aromatic rings. The van der Waals surface area contributed by atoms with E-state index in [1.807, 2.05) is 6.92 Å². The number of rotatable bonds is 4. The van der Waals surface area contributed by atoms with Crippen LogP contribution in [-0.4, -0.2) is 43.8 Å². The van der Waals surface area contributed by atoms with Crippen LogP contribution in [0.2, 0.25) is 0 Å². The zero-order valence-corrected chi connectivity index (χ0v) is 19.5. The minimum atomic E-state index is -1.41. The maximum absolute atomic E-state index is 12.2.